The molecule has 1 amide bonds. The van der Waals surface area contributed by atoms with Gasteiger partial charge in [-0.25, -0.2) is 14.5 Å². The Hall–Kier alpha value is -2.68. The molecule has 0 saturated carbocycles. The van der Waals surface area contributed by atoms with Crippen LogP contribution in [0.5, 0.6) is 0 Å². The number of ether oxygens (including phenoxy) is 1. The second-order valence-corrected chi connectivity index (χ2v) is 9.23. The first kappa shape index (κ1) is 20.6. The minimum absolute atomic E-state index is 0.252. The van der Waals surface area contributed by atoms with E-state index in [0.29, 0.717) is 18.9 Å². The van der Waals surface area contributed by atoms with Gasteiger partial charge in [-0.15, -0.1) is 0 Å². The van der Waals surface area contributed by atoms with Gasteiger partial charge in [0.25, 0.3) is 0 Å². The van der Waals surface area contributed by atoms with E-state index < -0.39 is 5.60 Å². The molecule has 30 heavy (non-hydrogen) atoms. The van der Waals surface area contributed by atoms with E-state index >= 15 is 0 Å². The van der Waals surface area contributed by atoms with E-state index in [1.165, 1.54) is 0 Å². The maximum atomic E-state index is 12.4. The third-order valence-corrected chi connectivity index (χ3v) is 5.30. The maximum Gasteiger partial charge on any atom is 0.410 e. The highest BCUT2D eigenvalue weighted by molar-refractivity contribution is 9.10. The van der Waals surface area contributed by atoms with Crippen molar-refractivity contribution < 1.29 is 9.53 Å². The summed E-state index contributed by atoms with van der Waals surface area (Å²) in [5.74, 6) is 0.664. The Balaban J connectivity index is 1.47. The minimum atomic E-state index is -0.485. The van der Waals surface area contributed by atoms with Crippen molar-refractivity contribution in [2.75, 3.05) is 31.1 Å². The van der Waals surface area contributed by atoms with E-state index in [4.69, 9.17) is 4.74 Å². The van der Waals surface area contributed by atoms with Crippen molar-refractivity contribution in [3.63, 3.8) is 0 Å². The second kappa shape index (κ2) is 8.22. The molecule has 0 N–H and O–H groups in total. The van der Waals surface area contributed by atoms with Gasteiger partial charge in [0.2, 0.25) is 0 Å². The highest BCUT2D eigenvalue weighted by Gasteiger charge is 2.25. The monoisotopic (exact) mass is 472 g/mol. The molecule has 0 spiro atoms. The van der Waals surface area contributed by atoms with E-state index in [2.05, 4.69) is 35.9 Å². The fourth-order valence-electron chi connectivity index (χ4n) is 3.37. The van der Waals surface area contributed by atoms with Crippen LogP contribution in [0.2, 0.25) is 0 Å². The highest BCUT2D eigenvalue weighted by Crippen LogP contribution is 2.21. The van der Waals surface area contributed by atoms with E-state index in [-0.39, 0.29) is 6.09 Å². The first-order valence-corrected chi connectivity index (χ1v) is 10.8. The van der Waals surface area contributed by atoms with Gasteiger partial charge in [0, 0.05) is 30.7 Å². The number of hydrogen-bond acceptors (Lipinski definition) is 6. The number of fused-ring (bicyclic) bond motifs is 1. The Morgan fingerprint density at radius 3 is 2.73 bits per heavy atom. The van der Waals surface area contributed by atoms with Crippen LogP contribution in [-0.4, -0.2) is 62.5 Å². The van der Waals surface area contributed by atoms with Gasteiger partial charge in [-0.1, -0.05) is 15.9 Å². The fourth-order valence-corrected chi connectivity index (χ4v) is 3.72. The van der Waals surface area contributed by atoms with Crippen molar-refractivity contribution >= 4 is 38.7 Å². The average molecular weight is 473 g/mol. The predicted molar refractivity (Wildman–Crippen MR) is 119 cm³/mol. The van der Waals surface area contributed by atoms with Crippen LogP contribution >= 0.6 is 15.9 Å². The number of hydrogen-bond donors (Lipinski definition) is 0. The summed E-state index contributed by atoms with van der Waals surface area (Å²) in [5.41, 5.74) is 2.16. The molecule has 4 rings (SSSR count). The molecule has 1 aromatic carbocycles. The molecule has 8 nitrogen and oxygen atoms in total. The summed E-state index contributed by atoms with van der Waals surface area (Å²) in [7, 11) is 0. The first-order chi connectivity index (χ1) is 14.3. The Bertz CT molecular complexity index is 1060. The van der Waals surface area contributed by atoms with Crippen molar-refractivity contribution in [2.45, 2.75) is 32.8 Å². The lowest BCUT2D eigenvalue weighted by Crippen LogP contribution is -2.39. The molecule has 2 aromatic heterocycles. The average Bonchev–Trinajstić information content (AvgIpc) is 3.04. The highest BCUT2D eigenvalue weighted by atomic mass is 79.9. The summed E-state index contributed by atoms with van der Waals surface area (Å²) < 4.78 is 8.21. The van der Waals surface area contributed by atoms with Gasteiger partial charge in [-0.2, -0.15) is 5.10 Å². The van der Waals surface area contributed by atoms with Crippen molar-refractivity contribution in [2.24, 2.45) is 0 Å². The maximum absolute atomic E-state index is 12.4. The SMILES string of the molecule is CC(C)(C)OC(=O)N1CCCN(c2cnn(-c3cnc4ccc(Br)cc4n3)c2)CC1. The van der Waals surface area contributed by atoms with E-state index in [1.807, 2.05) is 51.4 Å². The minimum Gasteiger partial charge on any atom is -0.444 e. The number of carbonyl (C=O) groups excluding carboxylic acids is 1. The summed E-state index contributed by atoms with van der Waals surface area (Å²) in [4.78, 5) is 25.5. The van der Waals surface area contributed by atoms with Crippen molar-refractivity contribution in [1.29, 1.82) is 0 Å². The quantitative estimate of drug-likeness (QED) is 0.560. The zero-order valence-corrected chi connectivity index (χ0v) is 19.0. The summed E-state index contributed by atoms with van der Waals surface area (Å²) in [5, 5.41) is 4.48. The summed E-state index contributed by atoms with van der Waals surface area (Å²) >= 11 is 3.47. The number of benzene rings is 1. The van der Waals surface area contributed by atoms with Crippen LogP contribution in [0.1, 0.15) is 27.2 Å². The van der Waals surface area contributed by atoms with E-state index in [1.54, 1.807) is 15.8 Å². The molecule has 0 bridgehead atoms. The van der Waals surface area contributed by atoms with Crippen molar-refractivity contribution in [3.8, 4) is 5.82 Å². The van der Waals surface area contributed by atoms with E-state index in [9.17, 15) is 4.79 Å². The van der Waals surface area contributed by atoms with Gasteiger partial charge in [-0.3, -0.25) is 4.98 Å². The fraction of sp³-hybridized carbons (Fsp3) is 0.429. The lowest BCUT2D eigenvalue weighted by molar-refractivity contribution is 0.0263. The molecule has 0 atom stereocenters. The molecular formula is C21H25BrN6O2. The zero-order valence-electron chi connectivity index (χ0n) is 17.4. The van der Waals surface area contributed by atoms with Gasteiger partial charge in [0.15, 0.2) is 5.82 Å². The Morgan fingerprint density at radius 2 is 1.93 bits per heavy atom. The first-order valence-electron chi connectivity index (χ1n) is 9.99. The molecule has 1 aliphatic rings. The second-order valence-electron chi connectivity index (χ2n) is 8.31. The molecule has 158 valence electrons. The third kappa shape index (κ3) is 4.72. The number of carbonyl (C=O) groups is 1. The molecule has 1 aliphatic heterocycles. The van der Waals surface area contributed by atoms with Crippen LogP contribution in [0.15, 0.2) is 41.3 Å². The van der Waals surface area contributed by atoms with Crippen molar-refractivity contribution in [1.82, 2.24) is 24.6 Å². The molecule has 3 aromatic rings. The van der Waals surface area contributed by atoms with Crippen LogP contribution in [0, 0.1) is 0 Å². The van der Waals surface area contributed by atoms with Crippen LogP contribution in [0.3, 0.4) is 0 Å². The van der Waals surface area contributed by atoms with Gasteiger partial charge >= 0.3 is 6.09 Å². The van der Waals surface area contributed by atoms with Gasteiger partial charge in [0.1, 0.15) is 5.60 Å². The molecule has 9 heteroatoms. The summed E-state index contributed by atoms with van der Waals surface area (Å²) in [6.07, 6.45) is 6.12. The Kier molecular flexibility index (Phi) is 5.64. The van der Waals surface area contributed by atoms with Crippen LogP contribution < -0.4 is 4.90 Å². The van der Waals surface area contributed by atoms with Crippen LogP contribution in [-0.2, 0) is 4.74 Å². The lowest BCUT2D eigenvalue weighted by atomic mass is 10.2. The molecule has 0 radical (unpaired) electrons. The number of aromatic nitrogens is 4. The third-order valence-electron chi connectivity index (χ3n) is 4.81. The number of amides is 1. The van der Waals surface area contributed by atoms with Gasteiger partial charge in [0.05, 0.1) is 35.3 Å². The Morgan fingerprint density at radius 1 is 1.10 bits per heavy atom. The zero-order chi connectivity index (χ0) is 21.3. The van der Waals surface area contributed by atoms with Crippen LogP contribution in [0.25, 0.3) is 16.9 Å². The summed E-state index contributed by atoms with van der Waals surface area (Å²) in [6, 6.07) is 5.82. The molecule has 1 saturated heterocycles. The number of rotatable bonds is 2. The summed E-state index contributed by atoms with van der Waals surface area (Å²) in [6.45, 7) is 8.53. The van der Waals surface area contributed by atoms with E-state index in [0.717, 1.165) is 40.7 Å². The number of halogens is 1. The smallest absolute Gasteiger partial charge is 0.410 e. The molecular weight excluding hydrogens is 448 g/mol. The topological polar surface area (TPSA) is 76.4 Å². The molecule has 0 aliphatic carbocycles. The number of nitrogens with zero attached hydrogens (tertiary/aromatic N) is 6. The van der Waals surface area contributed by atoms with Crippen LogP contribution in [0.4, 0.5) is 10.5 Å². The van der Waals surface area contributed by atoms with Gasteiger partial charge < -0.3 is 14.5 Å². The predicted octanol–water partition coefficient (Wildman–Crippen LogP) is 4.03. The van der Waals surface area contributed by atoms with Gasteiger partial charge in [-0.05, 0) is 45.4 Å². The normalized spacial score (nSPS) is 15.3. The molecule has 3 heterocycles. The molecule has 1 fully saturated rings. The Labute approximate surface area is 184 Å². The number of anilines is 1. The molecule has 0 unspecified atom stereocenters. The lowest BCUT2D eigenvalue weighted by Gasteiger charge is -2.26. The standard InChI is InChI=1S/C21H25BrN6O2/c1-21(2,3)30-20(29)27-8-4-7-26(9-10-27)16-12-24-28(14-16)19-13-23-17-6-5-15(22)11-18(17)25-19/h5-6,11-14H,4,7-10H2,1-3H3. The van der Waals surface area contributed by atoms with Crippen molar-refractivity contribution in [3.05, 3.63) is 41.3 Å². The largest absolute Gasteiger partial charge is 0.444 e.